The molecule has 6 heteroatoms. The van der Waals surface area contributed by atoms with Crippen molar-refractivity contribution >= 4 is 0 Å². The average Bonchev–Trinajstić information content (AvgIpc) is 3.10. The fourth-order valence-corrected chi connectivity index (χ4v) is 2.41. The molecule has 3 aromatic rings. The van der Waals surface area contributed by atoms with Gasteiger partial charge in [0.15, 0.2) is 23.7 Å². The van der Waals surface area contributed by atoms with Gasteiger partial charge in [-0.05, 0) is 30.3 Å². The molecule has 1 aromatic heterocycles. The summed E-state index contributed by atoms with van der Waals surface area (Å²) in [7, 11) is 4.56. The highest BCUT2D eigenvalue weighted by atomic mass is 19.1. The van der Waals surface area contributed by atoms with Crippen molar-refractivity contribution < 1.29 is 23.0 Å². The molecule has 0 N–H and O–H groups in total. The molecule has 0 bridgehead atoms. The minimum absolute atomic E-state index is 0.169. The molecule has 0 aliphatic carbocycles. The quantitative estimate of drug-likeness (QED) is 0.703. The van der Waals surface area contributed by atoms with Crippen LogP contribution >= 0.6 is 0 Å². The number of aromatic nitrogens is 1. The highest BCUT2D eigenvalue weighted by molar-refractivity contribution is 5.78. The van der Waals surface area contributed by atoms with E-state index in [2.05, 4.69) is 4.98 Å². The molecule has 0 aliphatic rings. The molecule has 2 aromatic carbocycles. The van der Waals surface area contributed by atoms with E-state index >= 15 is 0 Å². The minimum Gasteiger partial charge on any atom is -0.497 e. The molecule has 0 aliphatic heterocycles. The van der Waals surface area contributed by atoms with Gasteiger partial charge in [0, 0.05) is 17.2 Å². The van der Waals surface area contributed by atoms with Crippen molar-refractivity contribution in [3.05, 3.63) is 48.6 Å². The summed E-state index contributed by atoms with van der Waals surface area (Å²) in [6, 6.07) is 9.98. The normalized spacial score (nSPS) is 10.5. The molecule has 0 amide bonds. The Kier molecular flexibility index (Phi) is 4.37. The van der Waals surface area contributed by atoms with Gasteiger partial charge >= 0.3 is 0 Å². The zero-order valence-corrected chi connectivity index (χ0v) is 13.5. The number of benzene rings is 2. The predicted molar refractivity (Wildman–Crippen MR) is 87.0 cm³/mol. The first-order chi connectivity index (χ1) is 11.7. The van der Waals surface area contributed by atoms with E-state index in [4.69, 9.17) is 18.6 Å². The number of halogens is 1. The number of ether oxygens (including phenoxy) is 3. The summed E-state index contributed by atoms with van der Waals surface area (Å²) in [5.74, 6) is 1.40. The van der Waals surface area contributed by atoms with E-state index in [1.807, 2.05) is 12.1 Å². The third-order valence-corrected chi connectivity index (χ3v) is 3.61. The Morgan fingerprint density at radius 3 is 2.17 bits per heavy atom. The maximum absolute atomic E-state index is 14.0. The van der Waals surface area contributed by atoms with E-state index in [0.717, 1.165) is 5.56 Å². The highest BCUT2D eigenvalue weighted by Gasteiger charge is 2.16. The molecule has 0 spiro atoms. The van der Waals surface area contributed by atoms with Crippen molar-refractivity contribution in [2.45, 2.75) is 0 Å². The molecule has 5 nitrogen and oxygen atoms in total. The first kappa shape index (κ1) is 15.9. The van der Waals surface area contributed by atoms with E-state index in [1.54, 1.807) is 32.4 Å². The Labute approximate surface area is 138 Å². The summed E-state index contributed by atoms with van der Waals surface area (Å²) in [6.45, 7) is 0. The van der Waals surface area contributed by atoms with E-state index in [1.165, 1.54) is 19.6 Å². The Bertz CT molecular complexity index is 838. The van der Waals surface area contributed by atoms with Crippen LogP contribution in [0.4, 0.5) is 4.39 Å². The van der Waals surface area contributed by atoms with Gasteiger partial charge in [-0.2, -0.15) is 0 Å². The van der Waals surface area contributed by atoms with Gasteiger partial charge in [0.05, 0.1) is 21.3 Å². The average molecular weight is 329 g/mol. The van der Waals surface area contributed by atoms with Crippen molar-refractivity contribution in [1.82, 2.24) is 4.98 Å². The van der Waals surface area contributed by atoms with Crippen LogP contribution in [-0.2, 0) is 0 Å². The fraction of sp³-hybridized carbons (Fsp3) is 0.167. The van der Waals surface area contributed by atoms with Gasteiger partial charge in [0.2, 0.25) is 0 Å². The third kappa shape index (κ3) is 2.90. The Hall–Kier alpha value is -3.02. The fourth-order valence-electron chi connectivity index (χ4n) is 2.41. The van der Waals surface area contributed by atoms with Gasteiger partial charge < -0.3 is 18.6 Å². The zero-order valence-electron chi connectivity index (χ0n) is 13.5. The lowest BCUT2D eigenvalue weighted by Crippen LogP contribution is -1.91. The minimum atomic E-state index is -0.472. The summed E-state index contributed by atoms with van der Waals surface area (Å²) >= 11 is 0. The van der Waals surface area contributed by atoms with Crippen LogP contribution in [0.15, 0.2) is 47.2 Å². The van der Waals surface area contributed by atoms with Gasteiger partial charge in [-0.1, -0.05) is 0 Å². The van der Waals surface area contributed by atoms with E-state index < -0.39 is 5.82 Å². The van der Waals surface area contributed by atoms with Crippen LogP contribution in [0.2, 0.25) is 0 Å². The van der Waals surface area contributed by atoms with Gasteiger partial charge in [0.1, 0.15) is 17.2 Å². The molecule has 1 heterocycles. The topological polar surface area (TPSA) is 53.7 Å². The second-order valence-corrected chi connectivity index (χ2v) is 4.98. The van der Waals surface area contributed by atoms with Gasteiger partial charge in [-0.25, -0.2) is 9.37 Å². The van der Waals surface area contributed by atoms with Gasteiger partial charge in [-0.15, -0.1) is 0 Å². The first-order valence-electron chi connectivity index (χ1n) is 7.17. The summed E-state index contributed by atoms with van der Waals surface area (Å²) < 4.78 is 35.0. The molecular formula is C18H16FNO4. The van der Waals surface area contributed by atoms with Crippen LogP contribution in [0.5, 0.6) is 17.2 Å². The number of hydrogen-bond acceptors (Lipinski definition) is 5. The monoisotopic (exact) mass is 329 g/mol. The van der Waals surface area contributed by atoms with Crippen molar-refractivity contribution in [2.75, 3.05) is 21.3 Å². The Balaban J connectivity index is 2.10. The molecule has 0 radical (unpaired) electrons. The molecule has 0 unspecified atom stereocenters. The lowest BCUT2D eigenvalue weighted by Gasteiger charge is -2.08. The van der Waals surface area contributed by atoms with E-state index in [0.29, 0.717) is 28.5 Å². The highest BCUT2D eigenvalue weighted by Crippen LogP contribution is 2.36. The van der Waals surface area contributed by atoms with Crippen molar-refractivity contribution in [3.8, 4) is 39.8 Å². The molecule has 124 valence electrons. The van der Waals surface area contributed by atoms with Crippen LogP contribution in [0.25, 0.3) is 22.6 Å². The van der Waals surface area contributed by atoms with Gasteiger partial charge in [0.25, 0.3) is 0 Å². The smallest absolute Gasteiger partial charge is 0.182 e. The second-order valence-electron chi connectivity index (χ2n) is 4.98. The van der Waals surface area contributed by atoms with Crippen LogP contribution in [0.1, 0.15) is 0 Å². The predicted octanol–water partition coefficient (Wildman–Crippen LogP) is 4.17. The molecule has 24 heavy (non-hydrogen) atoms. The first-order valence-corrected chi connectivity index (χ1v) is 7.17. The van der Waals surface area contributed by atoms with E-state index in [9.17, 15) is 4.39 Å². The number of nitrogens with zero attached hydrogens (tertiary/aromatic N) is 1. The molecule has 0 atom stereocenters. The van der Waals surface area contributed by atoms with Crippen LogP contribution in [0, 0.1) is 5.82 Å². The maximum Gasteiger partial charge on any atom is 0.182 e. The second kappa shape index (κ2) is 6.62. The van der Waals surface area contributed by atoms with E-state index in [-0.39, 0.29) is 5.75 Å². The molecule has 0 saturated carbocycles. The molecular weight excluding hydrogens is 313 g/mol. The Morgan fingerprint density at radius 1 is 0.875 bits per heavy atom. The summed E-state index contributed by atoms with van der Waals surface area (Å²) in [4.78, 5) is 4.25. The maximum atomic E-state index is 14.0. The van der Waals surface area contributed by atoms with Crippen molar-refractivity contribution in [2.24, 2.45) is 0 Å². The standard InChI is InChI=1S/C18H16FNO4/c1-21-13-6-12(7-14(9-13)22-2)17-18(24-10-20-17)11-4-5-16(23-3)15(19)8-11/h4-10H,1-3H3. The SMILES string of the molecule is COc1cc(OC)cc(-c2ncoc2-c2ccc(OC)c(F)c2)c1. The van der Waals surface area contributed by atoms with Crippen LogP contribution in [0.3, 0.4) is 0 Å². The summed E-state index contributed by atoms with van der Waals surface area (Å²) in [5, 5.41) is 0. The third-order valence-electron chi connectivity index (χ3n) is 3.61. The molecule has 0 fully saturated rings. The summed E-state index contributed by atoms with van der Waals surface area (Å²) in [6.07, 6.45) is 1.32. The largest absolute Gasteiger partial charge is 0.497 e. The Morgan fingerprint density at radius 2 is 1.58 bits per heavy atom. The number of hydrogen-bond donors (Lipinski definition) is 0. The van der Waals surface area contributed by atoms with Crippen molar-refractivity contribution in [1.29, 1.82) is 0 Å². The number of rotatable bonds is 5. The van der Waals surface area contributed by atoms with Gasteiger partial charge in [-0.3, -0.25) is 0 Å². The lowest BCUT2D eigenvalue weighted by atomic mass is 10.0. The number of methoxy groups -OCH3 is 3. The zero-order chi connectivity index (χ0) is 17.1. The van der Waals surface area contributed by atoms with Crippen LogP contribution in [-0.4, -0.2) is 26.3 Å². The van der Waals surface area contributed by atoms with Crippen molar-refractivity contribution in [3.63, 3.8) is 0 Å². The molecule has 3 rings (SSSR count). The van der Waals surface area contributed by atoms with Crippen LogP contribution < -0.4 is 14.2 Å². The molecule has 0 saturated heterocycles. The summed E-state index contributed by atoms with van der Waals surface area (Å²) in [5.41, 5.74) is 1.87. The lowest BCUT2D eigenvalue weighted by molar-refractivity contribution is 0.386. The number of oxazole rings is 1.